The molecule has 0 aliphatic heterocycles. The molecule has 2 rings (SSSR count). The molecule has 2 nitrogen and oxygen atoms in total. The van der Waals surface area contributed by atoms with Crippen LogP contribution in [0.25, 0.3) is 0 Å². The second-order valence-corrected chi connectivity index (χ2v) is 6.36. The van der Waals surface area contributed by atoms with Crippen molar-refractivity contribution in [2.24, 2.45) is 5.41 Å². The Balaban J connectivity index is 1.88. The van der Waals surface area contributed by atoms with Crippen molar-refractivity contribution >= 4 is 34.8 Å². The van der Waals surface area contributed by atoms with Crippen LogP contribution < -0.4 is 5.32 Å². The average Bonchev–Trinajstić information content (AvgIpc) is 3.16. The van der Waals surface area contributed by atoms with Gasteiger partial charge in [0.2, 0.25) is 0 Å². The van der Waals surface area contributed by atoms with Crippen molar-refractivity contribution in [3.63, 3.8) is 0 Å². The van der Waals surface area contributed by atoms with E-state index >= 15 is 0 Å². The highest BCUT2D eigenvalue weighted by molar-refractivity contribution is 6.44. The van der Waals surface area contributed by atoms with E-state index in [1.165, 1.54) is 12.8 Å². The maximum absolute atomic E-state index is 6.17. The van der Waals surface area contributed by atoms with Crippen LogP contribution in [0.1, 0.15) is 24.8 Å². The monoisotopic (exact) mass is 321 g/mol. The molecule has 0 aromatic heterocycles. The molecule has 1 fully saturated rings. The zero-order chi connectivity index (χ0) is 13.9. The van der Waals surface area contributed by atoms with Gasteiger partial charge in [-0.15, -0.1) is 0 Å². The molecule has 19 heavy (non-hydrogen) atoms. The van der Waals surface area contributed by atoms with Crippen LogP contribution in [0.15, 0.2) is 12.1 Å². The number of rotatable bonds is 7. The van der Waals surface area contributed by atoms with Crippen LogP contribution >= 0.6 is 34.8 Å². The Morgan fingerprint density at radius 3 is 2.53 bits per heavy atom. The third kappa shape index (κ3) is 3.99. The zero-order valence-electron chi connectivity index (χ0n) is 10.9. The topological polar surface area (TPSA) is 21.3 Å². The first kappa shape index (κ1) is 15.4. The van der Waals surface area contributed by atoms with Gasteiger partial charge < -0.3 is 10.1 Å². The number of hydrogen-bond donors (Lipinski definition) is 1. The van der Waals surface area contributed by atoms with Crippen molar-refractivity contribution in [1.82, 2.24) is 5.32 Å². The standard InChI is InChI=1S/C14H18Cl3NO/c1-19-7-6-14(4-5-14)9-18-8-10-11(15)2-3-12(16)13(10)17/h2-3,18H,4-9H2,1H3. The quantitative estimate of drug-likeness (QED) is 0.743. The number of benzene rings is 1. The lowest BCUT2D eigenvalue weighted by atomic mass is 10.0. The highest BCUT2D eigenvalue weighted by Crippen LogP contribution is 2.48. The van der Waals surface area contributed by atoms with Crippen LogP contribution in [-0.2, 0) is 11.3 Å². The first-order chi connectivity index (χ1) is 9.08. The molecule has 5 heteroatoms. The number of methoxy groups -OCH3 is 1. The van der Waals surface area contributed by atoms with Crippen LogP contribution in [0, 0.1) is 5.41 Å². The molecule has 0 unspecified atom stereocenters. The molecule has 1 aromatic carbocycles. The molecule has 0 amide bonds. The van der Waals surface area contributed by atoms with Gasteiger partial charge in [-0.05, 0) is 36.8 Å². The summed E-state index contributed by atoms with van der Waals surface area (Å²) < 4.78 is 5.15. The van der Waals surface area contributed by atoms with E-state index in [1.54, 1.807) is 19.2 Å². The van der Waals surface area contributed by atoms with E-state index in [2.05, 4.69) is 5.32 Å². The summed E-state index contributed by atoms with van der Waals surface area (Å²) in [7, 11) is 1.75. The highest BCUT2D eigenvalue weighted by atomic mass is 35.5. The molecule has 1 N–H and O–H groups in total. The van der Waals surface area contributed by atoms with Crippen LogP contribution in [0.3, 0.4) is 0 Å². The van der Waals surface area contributed by atoms with Gasteiger partial charge in [-0.2, -0.15) is 0 Å². The molecule has 106 valence electrons. The lowest BCUT2D eigenvalue weighted by Gasteiger charge is -2.16. The Morgan fingerprint density at radius 2 is 1.89 bits per heavy atom. The van der Waals surface area contributed by atoms with Crippen LogP contribution in [-0.4, -0.2) is 20.3 Å². The molecule has 0 bridgehead atoms. The summed E-state index contributed by atoms with van der Waals surface area (Å²) in [6.45, 7) is 2.43. The Bertz CT molecular complexity index is 447. The summed E-state index contributed by atoms with van der Waals surface area (Å²) in [4.78, 5) is 0. The van der Waals surface area contributed by atoms with Gasteiger partial charge in [0.15, 0.2) is 0 Å². The van der Waals surface area contributed by atoms with Gasteiger partial charge in [0.25, 0.3) is 0 Å². The minimum atomic E-state index is 0.410. The molecule has 0 saturated heterocycles. The van der Waals surface area contributed by atoms with Crippen molar-refractivity contribution in [1.29, 1.82) is 0 Å². The molecule has 1 saturated carbocycles. The lowest BCUT2D eigenvalue weighted by molar-refractivity contribution is 0.171. The Kier molecular flexibility index (Phi) is 5.38. The van der Waals surface area contributed by atoms with E-state index in [-0.39, 0.29) is 0 Å². The van der Waals surface area contributed by atoms with Crippen molar-refractivity contribution in [2.75, 3.05) is 20.3 Å². The van der Waals surface area contributed by atoms with Gasteiger partial charge >= 0.3 is 0 Å². The van der Waals surface area contributed by atoms with E-state index in [0.717, 1.165) is 25.1 Å². The summed E-state index contributed by atoms with van der Waals surface area (Å²) in [5, 5.41) is 5.18. The van der Waals surface area contributed by atoms with Crippen LogP contribution in [0.4, 0.5) is 0 Å². The third-order valence-electron chi connectivity index (χ3n) is 3.73. The highest BCUT2D eigenvalue weighted by Gasteiger charge is 2.41. The van der Waals surface area contributed by atoms with Gasteiger partial charge in [-0.1, -0.05) is 34.8 Å². The van der Waals surface area contributed by atoms with E-state index in [0.29, 0.717) is 27.0 Å². The van der Waals surface area contributed by atoms with Crippen LogP contribution in [0.5, 0.6) is 0 Å². The summed E-state index contributed by atoms with van der Waals surface area (Å²) in [5.74, 6) is 0. The van der Waals surface area contributed by atoms with Gasteiger partial charge in [0.1, 0.15) is 0 Å². The number of hydrogen-bond acceptors (Lipinski definition) is 2. The maximum atomic E-state index is 6.17. The maximum Gasteiger partial charge on any atom is 0.0652 e. The normalized spacial score (nSPS) is 16.6. The number of halogens is 3. The predicted molar refractivity (Wildman–Crippen MR) is 81.3 cm³/mol. The van der Waals surface area contributed by atoms with Crippen molar-refractivity contribution in [3.05, 3.63) is 32.8 Å². The van der Waals surface area contributed by atoms with Gasteiger partial charge in [-0.25, -0.2) is 0 Å². The summed E-state index contributed by atoms with van der Waals surface area (Å²) in [6.07, 6.45) is 3.63. The Morgan fingerprint density at radius 1 is 1.21 bits per heavy atom. The average molecular weight is 323 g/mol. The molecule has 1 aromatic rings. The minimum Gasteiger partial charge on any atom is -0.385 e. The number of ether oxygens (including phenoxy) is 1. The molecule has 0 spiro atoms. The SMILES string of the molecule is COCCC1(CNCc2c(Cl)ccc(Cl)c2Cl)CC1. The summed E-state index contributed by atoms with van der Waals surface area (Å²) in [5.41, 5.74) is 1.28. The van der Waals surface area contributed by atoms with Crippen molar-refractivity contribution < 1.29 is 4.74 Å². The smallest absolute Gasteiger partial charge is 0.0652 e. The van der Waals surface area contributed by atoms with Gasteiger partial charge in [-0.3, -0.25) is 0 Å². The molecule has 0 heterocycles. The summed E-state index contributed by atoms with van der Waals surface area (Å²) >= 11 is 18.3. The minimum absolute atomic E-state index is 0.410. The Labute approximate surface area is 129 Å². The molecule has 1 aliphatic rings. The largest absolute Gasteiger partial charge is 0.385 e. The first-order valence-corrected chi connectivity index (χ1v) is 7.53. The fourth-order valence-electron chi connectivity index (χ4n) is 2.19. The van der Waals surface area contributed by atoms with Crippen molar-refractivity contribution in [3.8, 4) is 0 Å². The first-order valence-electron chi connectivity index (χ1n) is 6.40. The second kappa shape index (κ2) is 6.64. The molecular formula is C14H18Cl3NO. The molecule has 0 radical (unpaired) electrons. The zero-order valence-corrected chi connectivity index (χ0v) is 13.2. The Hall–Kier alpha value is 0.01000. The molecule has 0 atom stereocenters. The second-order valence-electron chi connectivity index (χ2n) is 5.17. The fourth-order valence-corrected chi connectivity index (χ4v) is 2.88. The molecule has 1 aliphatic carbocycles. The van der Waals surface area contributed by atoms with Crippen LogP contribution in [0.2, 0.25) is 15.1 Å². The predicted octanol–water partition coefficient (Wildman–Crippen LogP) is 4.55. The van der Waals surface area contributed by atoms with Gasteiger partial charge in [0, 0.05) is 37.4 Å². The van der Waals surface area contributed by atoms with Crippen molar-refractivity contribution in [2.45, 2.75) is 25.8 Å². The fraction of sp³-hybridized carbons (Fsp3) is 0.571. The third-order valence-corrected chi connectivity index (χ3v) is 4.93. The number of nitrogens with one attached hydrogen (secondary N) is 1. The van der Waals surface area contributed by atoms with E-state index in [1.807, 2.05) is 0 Å². The van der Waals surface area contributed by atoms with E-state index < -0.39 is 0 Å². The van der Waals surface area contributed by atoms with E-state index in [9.17, 15) is 0 Å². The lowest BCUT2D eigenvalue weighted by Crippen LogP contribution is -2.25. The van der Waals surface area contributed by atoms with Gasteiger partial charge in [0.05, 0.1) is 10.0 Å². The molecular weight excluding hydrogens is 305 g/mol. The summed E-state index contributed by atoms with van der Waals surface area (Å²) in [6, 6.07) is 3.50. The van der Waals surface area contributed by atoms with E-state index in [4.69, 9.17) is 39.5 Å².